The number of esters is 2. The number of carbonyl (C=O) groups excluding carboxylic acids is 2. The van der Waals surface area contributed by atoms with Gasteiger partial charge in [0.2, 0.25) is 0 Å². The standard InChI is InChI=1S/C14H17F2NO4/c1-3-5-12(14(19)20-4-2)21-13(18)8-6-9(15)10(16)7-11(8)17/h6-7,12H,3-5,17H2,1-2H3. The number of anilines is 1. The molecule has 0 aliphatic rings. The highest BCUT2D eigenvalue weighted by Crippen LogP contribution is 2.19. The maximum Gasteiger partial charge on any atom is 0.347 e. The minimum absolute atomic E-state index is 0.143. The summed E-state index contributed by atoms with van der Waals surface area (Å²) in [6.45, 7) is 3.56. The molecule has 5 nitrogen and oxygen atoms in total. The van der Waals surface area contributed by atoms with Crippen LogP contribution in [0.5, 0.6) is 0 Å². The van der Waals surface area contributed by atoms with Crippen molar-refractivity contribution < 1.29 is 27.8 Å². The molecule has 1 unspecified atom stereocenters. The molecule has 0 radical (unpaired) electrons. The van der Waals surface area contributed by atoms with E-state index >= 15 is 0 Å². The Kier molecular flexibility index (Phi) is 6.08. The molecule has 0 bridgehead atoms. The molecule has 1 aromatic carbocycles. The predicted molar refractivity (Wildman–Crippen MR) is 71.5 cm³/mol. The molecule has 0 aromatic heterocycles. The number of nitrogen functional groups attached to an aromatic ring is 1. The minimum Gasteiger partial charge on any atom is -0.463 e. The van der Waals surface area contributed by atoms with Crippen LogP contribution in [0.1, 0.15) is 37.0 Å². The van der Waals surface area contributed by atoms with Crippen LogP contribution < -0.4 is 5.73 Å². The number of ether oxygens (including phenoxy) is 2. The van der Waals surface area contributed by atoms with E-state index in [2.05, 4.69) is 0 Å². The number of rotatable bonds is 6. The summed E-state index contributed by atoms with van der Waals surface area (Å²) in [5, 5.41) is 0. The largest absolute Gasteiger partial charge is 0.463 e. The molecule has 116 valence electrons. The van der Waals surface area contributed by atoms with Crippen molar-refractivity contribution in [2.24, 2.45) is 0 Å². The Hall–Kier alpha value is -2.18. The van der Waals surface area contributed by atoms with Crippen LogP contribution in [0, 0.1) is 11.6 Å². The van der Waals surface area contributed by atoms with Crippen LogP contribution in [0.2, 0.25) is 0 Å². The third-order valence-corrected chi connectivity index (χ3v) is 2.66. The quantitative estimate of drug-likeness (QED) is 0.645. The van der Waals surface area contributed by atoms with Gasteiger partial charge in [0.1, 0.15) is 0 Å². The summed E-state index contributed by atoms with van der Waals surface area (Å²) in [5.74, 6) is -4.08. The second-order valence-corrected chi connectivity index (χ2v) is 4.29. The monoisotopic (exact) mass is 301 g/mol. The third-order valence-electron chi connectivity index (χ3n) is 2.66. The van der Waals surface area contributed by atoms with Gasteiger partial charge >= 0.3 is 11.9 Å². The average Bonchev–Trinajstić information content (AvgIpc) is 2.42. The number of hydrogen-bond acceptors (Lipinski definition) is 5. The molecule has 0 fully saturated rings. The lowest BCUT2D eigenvalue weighted by Crippen LogP contribution is -2.29. The molecule has 21 heavy (non-hydrogen) atoms. The van der Waals surface area contributed by atoms with Crippen molar-refractivity contribution in [2.45, 2.75) is 32.8 Å². The van der Waals surface area contributed by atoms with Crippen LogP contribution in [-0.2, 0) is 14.3 Å². The summed E-state index contributed by atoms with van der Waals surface area (Å²) < 4.78 is 35.9. The molecule has 0 aliphatic heterocycles. The van der Waals surface area contributed by atoms with Crippen LogP contribution >= 0.6 is 0 Å². The van der Waals surface area contributed by atoms with E-state index in [1.165, 1.54) is 0 Å². The van der Waals surface area contributed by atoms with E-state index in [1.807, 2.05) is 0 Å². The van der Waals surface area contributed by atoms with Crippen molar-refractivity contribution >= 4 is 17.6 Å². The van der Waals surface area contributed by atoms with Crippen molar-refractivity contribution in [3.8, 4) is 0 Å². The van der Waals surface area contributed by atoms with Gasteiger partial charge in [0.15, 0.2) is 17.7 Å². The van der Waals surface area contributed by atoms with Crippen molar-refractivity contribution in [3.63, 3.8) is 0 Å². The molecular weight excluding hydrogens is 284 g/mol. The van der Waals surface area contributed by atoms with Gasteiger partial charge in [0, 0.05) is 11.8 Å². The summed E-state index contributed by atoms with van der Waals surface area (Å²) in [6, 6.07) is 1.33. The first-order valence-corrected chi connectivity index (χ1v) is 6.52. The first kappa shape index (κ1) is 16.9. The average molecular weight is 301 g/mol. The molecule has 0 aliphatic carbocycles. The van der Waals surface area contributed by atoms with Gasteiger partial charge in [-0.15, -0.1) is 0 Å². The van der Waals surface area contributed by atoms with Gasteiger partial charge in [-0.25, -0.2) is 18.4 Å². The molecule has 0 saturated carbocycles. The summed E-state index contributed by atoms with van der Waals surface area (Å²) in [7, 11) is 0. The lowest BCUT2D eigenvalue weighted by molar-refractivity contribution is -0.153. The zero-order chi connectivity index (χ0) is 16.0. The van der Waals surface area contributed by atoms with E-state index in [4.69, 9.17) is 15.2 Å². The van der Waals surface area contributed by atoms with Crippen molar-refractivity contribution in [3.05, 3.63) is 29.3 Å². The Balaban J connectivity index is 2.91. The zero-order valence-electron chi connectivity index (χ0n) is 11.8. The maximum atomic E-state index is 13.2. The Labute approximate surface area is 121 Å². The van der Waals surface area contributed by atoms with Gasteiger partial charge in [-0.1, -0.05) is 13.3 Å². The van der Waals surface area contributed by atoms with Gasteiger partial charge in [0.05, 0.1) is 12.2 Å². The predicted octanol–water partition coefficient (Wildman–Crippen LogP) is 2.44. The van der Waals surface area contributed by atoms with Gasteiger partial charge in [-0.3, -0.25) is 0 Å². The van der Waals surface area contributed by atoms with Crippen LogP contribution in [-0.4, -0.2) is 24.6 Å². The molecular formula is C14H17F2NO4. The van der Waals surface area contributed by atoms with E-state index in [9.17, 15) is 18.4 Å². The number of hydrogen-bond donors (Lipinski definition) is 1. The molecule has 1 atom stereocenters. The SMILES string of the molecule is CCCC(OC(=O)c1cc(F)c(F)cc1N)C(=O)OCC. The fraction of sp³-hybridized carbons (Fsp3) is 0.429. The molecule has 1 rings (SSSR count). The second-order valence-electron chi connectivity index (χ2n) is 4.29. The van der Waals surface area contributed by atoms with E-state index < -0.39 is 29.7 Å². The van der Waals surface area contributed by atoms with Gasteiger partial charge < -0.3 is 15.2 Å². The molecule has 0 amide bonds. The van der Waals surface area contributed by atoms with Crippen molar-refractivity contribution in [1.82, 2.24) is 0 Å². The summed E-state index contributed by atoms with van der Waals surface area (Å²) in [4.78, 5) is 23.6. The number of halogens is 2. The summed E-state index contributed by atoms with van der Waals surface area (Å²) in [5.41, 5.74) is 4.85. The fourth-order valence-corrected chi connectivity index (χ4v) is 1.65. The van der Waals surface area contributed by atoms with E-state index in [1.54, 1.807) is 13.8 Å². The Morgan fingerprint density at radius 3 is 2.43 bits per heavy atom. The molecule has 0 heterocycles. The fourth-order valence-electron chi connectivity index (χ4n) is 1.65. The lowest BCUT2D eigenvalue weighted by Gasteiger charge is -2.16. The first-order valence-electron chi connectivity index (χ1n) is 6.52. The maximum absolute atomic E-state index is 13.2. The summed E-state index contributed by atoms with van der Waals surface area (Å²) >= 11 is 0. The van der Waals surface area contributed by atoms with Gasteiger partial charge in [-0.2, -0.15) is 0 Å². The minimum atomic E-state index is -1.22. The molecule has 0 spiro atoms. The number of nitrogens with two attached hydrogens (primary N) is 1. The number of carbonyl (C=O) groups is 2. The van der Waals surface area contributed by atoms with Crippen molar-refractivity contribution in [2.75, 3.05) is 12.3 Å². The molecule has 1 aromatic rings. The molecule has 2 N–H and O–H groups in total. The van der Waals surface area contributed by atoms with Crippen molar-refractivity contribution in [1.29, 1.82) is 0 Å². The van der Waals surface area contributed by atoms with Crippen LogP contribution in [0.25, 0.3) is 0 Å². The van der Waals surface area contributed by atoms with E-state index in [-0.39, 0.29) is 24.3 Å². The highest BCUT2D eigenvalue weighted by Gasteiger charge is 2.25. The normalized spacial score (nSPS) is 11.8. The second kappa shape index (κ2) is 7.56. The Bertz CT molecular complexity index is 534. The Morgan fingerprint density at radius 1 is 1.24 bits per heavy atom. The van der Waals surface area contributed by atoms with Crippen LogP contribution in [0.15, 0.2) is 12.1 Å². The molecule has 0 saturated heterocycles. The first-order chi connectivity index (χ1) is 9.90. The topological polar surface area (TPSA) is 78.6 Å². The number of benzene rings is 1. The highest BCUT2D eigenvalue weighted by atomic mass is 19.2. The Morgan fingerprint density at radius 2 is 1.86 bits per heavy atom. The lowest BCUT2D eigenvalue weighted by atomic mass is 10.1. The van der Waals surface area contributed by atoms with E-state index in [0.29, 0.717) is 18.6 Å². The zero-order valence-corrected chi connectivity index (χ0v) is 11.8. The van der Waals surface area contributed by atoms with Gasteiger partial charge in [0.25, 0.3) is 0 Å². The highest BCUT2D eigenvalue weighted by molar-refractivity contribution is 5.96. The van der Waals surface area contributed by atoms with Crippen LogP contribution in [0.3, 0.4) is 0 Å². The van der Waals surface area contributed by atoms with E-state index in [0.717, 1.165) is 0 Å². The van der Waals surface area contributed by atoms with Crippen LogP contribution in [0.4, 0.5) is 14.5 Å². The summed E-state index contributed by atoms with van der Waals surface area (Å²) in [6.07, 6.45) is -0.270. The molecule has 7 heteroatoms. The van der Waals surface area contributed by atoms with Gasteiger partial charge in [-0.05, 0) is 19.4 Å². The smallest absolute Gasteiger partial charge is 0.347 e. The third kappa shape index (κ3) is 4.40.